The van der Waals surface area contributed by atoms with Gasteiger partial charge in [-0.3, -0.25) is 4.79 Å². The van der Waals surface area contributed by atoms with E-state index < -0.39 is 0 Å². The molecule has 0 saturated carbocycles. The minimum Gasteiger partial charge on any atom is -0.465 e. The van der Waals surface area contributed by atoms with Crippen molar-refractivity contribution < 1.29 is 9.21 Å². The highest BCUT2D eigenvalue weighted by molar-refractivity contribution is 5.91. The number of hydrogen-bond donors (Lipinski definition) is 1. The van der Waals surface area contributed by atoms with Gasteiger partial charge in [0.05, 0.1) is 6.26 Å². The van der Waals surface area contributed by atoms with E-state index in [1.54, 1.807) is 24.5 Å². The summed E-state index contributed by atoms with van der Waals surface area (Å²) in [6.07, 6.45) is 7.03. The van der Waals surface area contributed by atoms with E-state index in [1.807, 2.05) is 11.0 Å². The first kappa shape index (κ1) is 11.9. The van der Waals surface area contributed by atoms with Gasteiger partial charge in [-0.15, -0.1) is 0 Å². The minimum atomic E-state index is 0.0413. The molecule has 17 heavy (non-hydrogen) atoms. The molecule has 0 unspecified atom stereocenters. The lowest BCUT2D eigenvalue weighted by molar-refractivity contribution is -0.127. The predicted octanol–water partition coefficient (Wildman–Crippen LogP) is 1.49. The highest BCUT2D eigenvalue weighted by Gasteiger charge is 2.21. The molecule has 1 atom stereocenters. The van der Waals surface area contributed by atoms with Crippen molar-refractivity contribution in [3.05, 3.63) is 30.2 Å². The lowest BCUT2D eigenvalue weighted by Gasteiger charge is -2.31. The van der Waals surface area contributed by atoms with Crippen LogP contribution in [0.25, 0.3) is 6.08 Å². The smallest absolute Gasteiger partial charge is 0.246 e. The number of likely N-dealkylation sites (tertiary alicyclic amines) is 1. The van der Waals surface area contributed by atoms with Crippen LogP contribution < -0.4 is 5.73 Å². The van der Waals surface area contributed by atoms with Crippen LogP contribution >= 0.6 is 0 Å². The molecule has 1 fully saturated rings. The fourth-order valence-corrected chi connectivity index (χ4v) is 2.10. The fourth-order valence-electron chi connectivity index (χ4n) is 2.10. The van der Waals surface area contributed by atoms with E-state index in [4.69, 9.17) is 10.2 Å². The zero-order valence-electron chi connectivity index (χ0n) is 9.84. The molecule has 2 rings (SSSR count). The van der Waals surface area contributed by atoms with Crippen molar-refractivity contribution in [1.82, 2.24) is 4.90 Å². The van der Waals surface area contributed by atoms with Gasteiger partial charge in [-0.05, 0) is 43.5 Å². The maximum atomic E-state index is 11.9. The molecule has 1 saturated heterocycles. The molecule has 0 spiro atoms. The predicted molar refractivity (Wildman–Crippen MR) is 66.1 cm³/mol. The van der Waals surface area contributed by atoms with Crippen molar-refractivity contribution in [3.63, 3.8) is 0 Å². The molecule has 0 aromatic carbocycles. The first-order valence-electron chi connectivity index (χ1n) is 6.00. The standard InChI is InChI=1S/C13H18N2O2/c14-9-11-3-1-7-15(10-11)13(16)6-5-12-4-2-8-17-12/h2,4-6,8,11H,1,3,7,9-10,14H2/b6-5+/t11-/m1/s1. The van der Waals surface area contributed by atoms with Crippen molar-refractivity contribution in [2.75, 3.05) is 19.6 Å². The Labute approximate surface area is 101 Å². The Balaban J connectivity index is 1.91. The molecule has 1 aliphatic heterocycles. The Kier molecular flexibility index (Phi) is 3.98. The monoisotopic (exact) mass is 234 g/mol. The second-order valence-corrected chi connectivity index (χ2v) is 4.38. The van der Waals surface area contributed by atoms with Gasteiger partial charge < -0.3 is 15.1 Å². The summed E-state index contributed by atoms with van der Waals surface area (Å²) in [5.41, 5.74) is 5.65. The molecule has 0 bridgehead atoms. The number of piperidine rings is 1. The summed E-state index contributed by atoms with van der Waals surface area (Å²) in [7, 11) is 0. The summed E-state index contributed by atoms with van der Waals surface area (Å²) in [4.78, 5) is 13.8. The number of amides is 1. The Morgan fingerprint density at radius 1 is 1.65 bits per heavy atom. The minimum absolute atomic E-state index is 0.0413. The third-order valence-electron chi connectivity index (χ3n) is 3.10. The average Bonchev–Trinajstić information content (AvgIpc) is 2.89. The lowest BCUT2D eigenvalue weighted by Crippen LogP contribution is -2.41. The van der Waals surface area contributed by atoms with Crippen molar-refractivity contribution >= 4 is 12.0 Å². The number of carbonyl (C=O) groups is 1. The second-order valence-electron chi connectivity index (χ2n) is 4.38. The quantitative estimate of drug-likeness (QED) is 0.806. The first-order valence-corrected chi connectivity index (χ1v) is 6.00. The number of rotatable bonds is 3. The maximum Gasteiger partial charge on any atom is 0.246 e. The molecule has 1 aromatic rings. The van der Waals surface area contributed by atoms with Crippen LogP contribution in [-0.4, -0.2) is 30.4 Å². The highest BCUT2D eigenvalue weighted by Crippen LogP contribution is 2.15. The molecule has 2 heterocycles. The molecule has 0 aliphatic carbocycles. The number of nitrogens with two attached hydrogens (primary N) is 1. The molecule has 4 nitrogen and oxygen atoms in total. The van der Waals surface area contributed by atoms with E-state index in [-0.39, 0.29) is 5.91 Å². The summed E-state index contributed by atoms with van der Waals surface area (Å²) >= 11 is 0. The molecule has 1 amide bonds. The largest absolute Gasteiger partial charge is 0.465 e. The Bertz CT molecular complexity index is 384. The van der Waals surface area contributed by atoms with Gasteiger partial charge in [0.1, 0.15) is 5.76 Å². The van der Waals surface area contributed by atoms with E-state index >= 15 is 0 Å². The normalized spacial score (nSPS) is 21.0. The zero-order chi connectivity index (χ0) is 12.1. The Hall–Kier alpha value is -1.55. The molecule has 0 radical (unpaired) electrons. The topological polar surface area (TPSA) is 59.5 Å². The Morgan fingerprint density at radius 3 is 3.24 bits per heavy atom. The summed E-state index contributed by atoms with van der Waals surface area (Å²) in [5, 5.41) is 0. The van der Waals surface area contributed by atoms with Crippen molar-refractivity contribution in [2.24, 2.45) is 11.7 Å². The van der Waals surface area contributed by atoms with E-state index in [1.165, 1.54) is 0 Å². The van der Waals surface area contributed by atoms with Gasteiger partial charge in [-0.2, -0.15) is 0 Å². The number of nitrogens with zero attached hydrogens (tertiary/aromatic N) is 1. The van der Waals surface area contributed by atoms with Crippen LogP contribution in [0.15, 0.2) is 28.9 Å². The van der Waals surface area contributed by atoms with Crippen molar-refractivity contribution in [3.8, 4) is 0 Å². The molecule has 1 aliphatic rings. The van der Waals surface area contributed by atoms with Gasteiger partial charge in [-0.1, -0.05) is 0 Å². The van der Waals surface area contributed by atoms with Crippen molar-refractivity contribution in [2.45, 2.75) is 12.8 Å². The fraction of sp³-hybridized carbons (Fsp3) is 0.462. The second kappa shape index (κ2) is 5.68. The third kappa shape index (κ3) is 3.20. The zero-order valence-corrected chi connectivity index (χ0v) is 9.84. The molecular formula is C13H18N2O2. The molecule has 4 heteroatoms. The maximum absolute atomic E-state index is 11.9. The average molecular weight is 234 g/mol. The summed E-state index contributed by atoms with van der Waals surface area (Å²) in [6.45, 7) is 2.27. The van der Waals surface area contributed by atoms with Gasteiger partial charge in [0.25, 0.3) is 0 Å². The van der Waals surface area contributed by atoms with E-state index in [9.17, 15) is 4.79 Å². The van der Waals surface area contributed by atoms with Crippen LogP contribution in [0.3, 0.4) is 0 Å². The number of carbonyl (C=O) groups excluding carboxylic acids is 1. The van der Waals surface area contributed by atoms with Gasteiger partial charge >= 0.3 is 0 Å². The van der Waals surface area contributed by atoms with Crippen LogP contribution in [0.4, 0.5) is 0 Å². The van der Waals surface area contributed by atoms with Crippen LogP contribution in [0.1, 0.15) is 18.6 Å². The van der Waals surface area contributed by atoms with E-state index in [0.29, 0.717) is 18.2 Å². The lowest BCUT2D eigenvalue weighted by atomic mass is 9.98. The van der Waals surface area contributed by atoms with Gasteiger partial charge in [0.2, 0.25) is 5.91 Å². The third-order valence-corrected chi connectivity index (χ3v) is 3.10. The van der Waals surface area contributed by atoms with E-state index in [2.05, 4.69) is 0 Å². The van der Waals surface area contributed by atoms with Crippen LogP contribution in [0.5, 0.6) is 0 Å². The first-order chi connectivity index (χ1) is 8.29. The van der Waals surface area contributed by atoms with Gasteiger partial charge in [0, 0.05) is 19.2 Å². The summed E-state index contributed by atoms with van der Waals surface area (Å²) in [6, 6.07) is 3.62. The van der Waals surface area contributed by atoms with Crippen LogP contribution in [-0.2, 0) is 4.79 Å². The molecule has 1 aromatic heterocycles. The van der Waals surface area contributed by atoms with E-state index in [0.717, 1.165) is 25.9 Å². The molecular weight excluding hydrogens is 216 g/mol. The number of hydrogen-bond acceptors (Lipinski definition) is 3. The van der Waals surface area contributed by atoms with Crippen LogP contribution in [0.2, 0.25) is 0 Å². The summed E-state index contributed by atoms with van der Waals surface area (Å²) < 4.78 is 5.14. The van der Waals surface area contributed by atoms with Crippen LogP contribution in [0, 0.1) is 5.92 Å². The molecule has 92 valence electrons. The SMILES string of the molecule is NC[C@H]1CCCN(C(=O)/C=C/c2ccco2)C1. The van der Waals surface area contributed by atoms with Crippen molar-refractivity contribution in [1.29, 1.82) is 0 Å². The summed E-state index contributed by atoms with van der Waals surface area (Å²) in [5.74, 6) is 1.19. The highest BCUT2D eigenvalue weighted by atomic mass is 16.3. The van der Waals surface area contributed by atoms with Gasteiger partial charge in [-0.25, -0.2) is 0 Å². The molecule has 2 N–H and O–H groups in total. The van der Waals surface area contributed by atoms with Gasteiger partial charge in [0.15, 0.2) is 0 Å². The Morgan fingerprint density at radius 2 is 2.53 bits per heavy atom. The number of furan rings is 1.